The Morgan fingerprint density at radius 1 is 0.848 bits per heavy atom. The maximum absolute atomic E-state index is 14.1. The molecule has 0 N–H and O–H groups in total. The SMILES string of the molecule is COc1ccc2c3c(n(-c4cnc5ccccc5c4)c(=O)c2c1OC)-c1ccccc1C3=O. The van der Waals surface area contributed by atoms with Crippen LogP contribution < -0.4 is 15.0 Å². The van der Waals surface area contributed by atoms with Crippen LogP contribution in [0.25, 0.3) is 38.6 Å². The summed E-state index contributed by atoms with van der Waals surface area (Å²) in [6, 6.07) is 20.4. The van der Waals surface area contributed by atoms with Gasteiger partial charge in [-0.1, -0.05) is 42.5 Å². The molecule has 160 valence electrons. The largest absolute Gasteiger partial charge is 0.493 e. The highest BCUT2D eigenvalue weighted by atomic mass is 16.5. The van der Waals surface area contributed by atoms with E-state index >= 15 is 0 Å². The molecular weight excluding hydrogens is 416 g/mol. The van der Waals surface area contributed by atoms with Crippen molar-refractivity contribution < 1.29 is 14.3 Å². The zero-order chi connectivity index (χ0) is 22.7. The van der Waals surface area contributed by atoms with E-state index in [1.807, 2.05) is 48.5 Å². The smallest absolute Gasteiger partial charge is 0.267 e. The van der Waals surface area contributed by atoms with Crippen molar-refractivity contribution in [3.63, 3.8) is 0 Å². The second-order valence-electron chi connectivity index (χ2n) is 7.85. The number of nitrogens with zero attached hydrogens (tertiary/aromatic N) is 2. The van der Waals surface area contributed by atoms with Crippen LogP contribution in [-0.2, 0) is 0 Å². The van der Waals surface area contributed by atoms with Crippen LogP contribution in [0.1, 0.15) is 15.9 Å². The van der Waals surface area contributed by atoms with E-state index < -0.39 is 0 Å². The van der Waals surface area contributed by atoms with Crippen molar-refractivity contribution in [3.8, 4) is 28.4 Å². The molecule has 0 unspecified atom stereocenters. The Kier molecular flexibility index (Phi) is 4.10. The maximum atomic E-state index is 14.1. The van der Waals surface area contributed by atoms with E-state index in [1.54, 1.807) is 29.0 Å². The Balaban J connectivity index is 1.83. The Labute approximate surface area is 188 Å². The molecule has 2 heterocycles. The fourth-order valence-electron chi connectivity index (χ4n) is 4.74. The normalized spacial score (nSPS) is 12.1. The second-order valence-corrected chi connectivity index (χ2v) is 7.85. The van der Waals surface area contributed by atoms with Crippen molar-refractivity contribution in [2.75, 3.05) is 14.2 Å². The van der Waals surface area contributed by atoms with E-state index in [0.717, 1.165) is 16.5 Å². The van der Waals surface area contributed by atoms with E-state index in [0.29, 0.717) is 44.8 Å². The van der Waals surface area contributed by atoms with Gasteiger partial charge >= 0.3 is 0 Å². The Morgan fingerprint density at radius 2 is 1.61 bits per heavy atom. The second kappa shape index (κ2) is 7.03. The number of aromatic nitrogens is 2. The van der Waals surface area contributed by atoms with Crippen molar-refractivity contribution >= 4 is 27.5 Å². The molecule has 0 saturated carbocycles. The predicted molar refractivity (Wildman–Crippen MR) is 127 cm³/mol. The summed E-state index contributed by atoms with van der Waals surface area (Å²) < 4.78 is 12.6. The topological polar surface area (TPSA) is 70.4 Å². The molecule has 5 aromatic rings. The van der Waals surface area contributed by atoms with Crippen molar-refractivity contribution in [3.05, 3.63) is 94.4 Å². The molecule has 6 rings (SSSR count). The Morgan fingerprint density at radius 3 is 2.39 bits per heavy atom. The van der Waals surface area contributed by atoms with Gasteiger partial charge in [-0.25, -0.2) is 0 Å². The van der Waals surface area contributed by atoms with Crippen LogP contribution in [0.3, 0.4) is 0 Å². The van der Waals surface area contributed by atoms with Crippen LogP contribution in [0.5, 0.6) is 11.5 Å². The predicted octanol–water partition coefficient (Wildman–Crippen LogP) is 4.77. The van der Waals surface area contributed by atoms with Gasteiger partial charge in [0.25, 0.3) is 5.56 Å². The molecule has 0 fully saturated rings. The van der Waals surface area contributed by atoms with E-state index in [-0.39, 0.29) is 11.3 Å². The first-order valence-electron chi connectivity index (χ1n) is 10.5. The van der Waals surface area contributed by atoms with Crippen LogP contribution in [0.2, 0.25) is 0 Å². The molecule has 3 aromatic carbocycles. The highest BCUT2D eigenvalue weighted by molar-refractivity contribution is 6.27. The summed E-state index contributed by atoms with van der Waals surface area (Å²) in [5.41, 5.74) is 3.42. The number of ketones is 1. The average Bonchev–Trinajstić information content (AvgIpc) is 3.15. The first kappa shape index (κ1) is 19.3. The first-order valence-corrected chi connectivity index (χ1v) is 10.5. The monoisotopic (exact) mass is 434 g/mol. The molecule has 0 saturated heterocycles. The van der Waals surface area contributed by atoms with Crippen molar-refractivity contribution in [2.45, 2.75) is 0 Å². The van der Waals surface area contributed by atoms with Gasteiger partial charge in [-0.15, -0.1) is 0 Å². The lowest BCUT2D eigenvalue weighted by Gasteiger charge is -2.18. The zero-order valence-corrected chi connectivity index (χ0v) is 18.0. The number of benzene rings is 3. The summed E-state index contributed by atoms with van der Waals surface area (Å²) in [6.07, 6.45) is 1.66. The minimum atomic E-state index is -0.305. The van der Waals surface area contributed by atoms with Gasteiger partial charge in [-0.3, -0.25) is 19.1 Å². The molecule has 6 heteroatoms. The molecule has 33 heavy (non-hydrogen) atoms. The average molecular weight is 434 g/mol. The maximum Gasteiger partial charge on any atom is 0.267 e. The fraction of sp³-hybridized carbons (Fsp3) is 0.0741. The van der Waals surface area contributed by atoms with Crippen LogP contribution in [0.4, 0.5) is 0 Å². The van der Waals surface area contributed by atoms with Gasteiger partial charge in [0, 0.05) is 21.9 Å². The number of hydrogen-bond donors (Lipinski definition) is 0. The lowest BCUT2D eigenvalue weighted by Crippen LogP contribution is -2.22. The number of para-hydroxylation sites is 1. The van der Waals surface area contributed by atoms with Gasteiger partial charge < -0.3 is 9.47 Å². The summed E-state index contributed by atoms with van der Waals surface area (Å²) in [6.45, 7) is 0. The molecule has 0 aliphatic heterocycles. The molecule has 0 bridgehead atoms. The molecule has 0 radical (unpaired) electrons. The summed E-state index contributed by atoms with van der Waals surface area (Å²) in [5.74, 6) is 0.600. The number of hydrogen-bond acceptors (Lipinski definition) is 5. The van der Waals surface area contributed by atoms with Gasteiger partial charge in [-0.05, 0) is 24.3 Å². The van der Waals surface area contributed by atoms with Crippen LogP contribution in [-0.4, -0.2) is 29.6 Å². The minimum absolute atomic E-state index is 0.125. The lowest BCUT2D eigenvalue weighted by molar-refractivity contribution is 0.104. The van der Waals surface area contributed by atoms with E-state index in [1.165, 1.54) is 14.2 Å². The number of carbonyl (C=O) groups is 1. The molecule has 2 aromatic heterocycles. The fourth-order valence-corrected chi connectivity index (χ4v) is 4.74. The Hall–Kier alpha value is -4.45. The number of pyridine rings is 2. The van der Waals surface area contributed by atoms with Crippen molar-refractivity contribution in [1.29, 1.82) is 0 Å². The lowest BCUT2D eigenvalue weighted by atomic mass is 10.0. The van der Waals surface area contributed by atoms with Crippen molar-refractivity contribution in [1.82, 2.24) is 9.55 Å². The molecule has 0 spiro atoms. The highest BCUT2D eigenvalue weighted by Crippen LogP contribution is 2.43. The zero-order valence-electron chi connectivity index (χ0n) is 18.0. The summed E-state index contributed by atoms with van der Waals surface area (Å²) in [7, 11) is 3.01. The van der Waals surface area contributed by atoms with Crippen molar-refractivity contribution in [2.24, 2.45) is 0 Å². The van der Waals surface area contributed by atoms with Gasteiger partial charge in [0.05, 0.1) is 48.3 Å². The van der Waals surface area contributed by atoms with E-state index in [9.17, 15) is 9.59 Å². The number of methoxy groups -OCH3 is 2. The molecule has 6 nitrogen and oxygen atoms in total. The molecule has 0 atom stereocenters. The summed E-state index contributed by atoms with van der Waals surface area (Å²) in [5, 5.41) is 1.73. The van der Waals surface area contributed by atoms with Crippen LogP contribution in [0, 0.1) is 0 Å². The van der Waals surface area contributed by atoms with Crippen LogP contribution in [0.15, 0.2) is 77.7 Å². The molecule has 1 aliphatic rings. The Bertz CT molecular complexity index is 1680. The van der Waals surface area contributed by atoms with Gasteiger partial charge in [0.2, 0.25) is 0 Å². The van der Waals surface area contributed by atoms with Crippen LogP contribution >= 0.6 is 0 Å². The van der Waals surface area contributed by atoms with E-state index in [4.69, 9.17) is 9.47 Å². The van der Waals surface area contributed by atoms with Gasteiger partial charge in [-0.2, -0.15) is 0 Å². The molecule has 1 aliphatic carbocycles. The third-order valence-corrected chi connectivity index (χ3v) is 6.18. The number of fused-ring (bicyclic) bond motifs is 6. The molecule has 0 amide bonds. The number of rotatable bonds is 3. The first-order chi connectivity index (χ1) is 16.1. The minimum Gasteiger partial charge on any atom is -0.493 e. The molecular formula is C27H18N2O4. The van der Waals surface area contributed by atoms with E-state index in [2.05, 4.69) is 4.98 Å². The third-order valence-electron chi connectivity index (χ3n) is 6.18. The van der Waals surface area contributed by atoms with Gasteiger partial charge in [0.1, 0.15) is 0 Å². The third kappa shape index (κ3) is 2.58. The summed E-state index contributed by atoms with van der Waals surface area (Å²) in [4.78, 5) is 32.2. The van der Waals surface area contributed by atoms with Gasteiger partial charge in [0.15, 0.2) is 17.3 Å². The number of carbonyl (C=O) groups excluding carboxylic acids is 1. The number of ether oxygens (including phenoxy) is 2. The summed E-state index contributed by atoms with van der Waals surface area (Å²) >= 11 is 0. The standard InChI is InChI=1S/C27H18N2O4/c1-32-21-12-11-19-22-24(17-8-4-5-9-18(17)25(22)30)29(27(31)23(19)26(21)33-2)16-13-15-7-3-6-10-20(15)28-14-16/h3-14H,1-2H3. The quantitative estimate of drug-likeness (QED) is 0.401. The highest BCUT2D eigenvalue weighted by Gasteiger charge is 2.34.